The van der Waals surface area contributed by atoms with Gasteiger partial charge in [0.1, 0.15) is 0 Å². The maximum atomic E-state index is 11.5. The molecule has 0 saturated heterocycles. The van der Waals surface area contributed by atoms with Gasteiger partial charge in [-0.2, -0.15) is 0 Å². The zero-order valence-corrected chi connectivity index (χ0v) is 12.5. The maximum Gasteiger partial charge on any atom is 0.396 e. The summed E-state index contributed by atoms with van der Waals surface area (Å²) in [6.45, 7) is 2.30. The van der Waals surface area contributed by atoms with E-state index in [1.54, 1.807) is 12.2 Å². The van der Waals surface area contributed by atoms with E-state index in [0.29, 0.717) is 18.4 Å². The van der Waals surface area contributed by atoms with E-state index in [0.717, 1.165) is 0 Å². The molecule has 1 unspecified atom stereocenters. The fraction of sp³-hybridized carbons (Fsp3) is 0.750. The third-order valence-electron chi connectivity index (χ3n) is 1.40. The van der Waals surface area contributed by atoms with Crippen LogP contribution in [0.4, 0.5) is 0 Å². The first-order valence-corrected chi connectivity index (χ1v) is 9.15. The summed E-state index contributed by atoms with van der Waals surface area (Å²) in [5.41, 5.74) is 0. The fourth-order valence-corrected chi connectivity index (χ4v) is 2.77. The molecule has 0 spiro atoms. The number of hydrogen-bond donors (Lipinski definition) is 1. The van der Waals surface area contributed by atoms with Gasteiger partial charge in [0.25, 0.3) is 0 Å². The molecule has 7 heteroatoms. The number of hydrogen-bond acceptors (Lipinski definition) is 4. The summed E-state index contributed by atoms with van der Waals surface area (Å²) in [6.07, 6.45) is 0.0694. The Labute approximate surface area is 106 Å². The Morgan fingerprint density at radius 2 is 2.07 bits per heavy atom. The van der Waals surface area contributed by atoms with Crippen LogP contribution in [0, 0.1) is 0 Å². The average molecular weight is 366 g/mol. The average Bonchev–Trinajstić information content (AvgIpc) is 2.15. The molecular weight excluding hydrogens is 351 g/mol. The first-order valence-electron chi connectivity index (χ1n) is 4.47. The first-order chi connectivity index (χ1) is 7.02. The summed E-state index contributed by atoms with van der Waals surface area (Å²) < 4.78 is 21.4. The molecule has 15 heavy (non-hydrogen) atoms. The Morgan fingerprint density at radius 1 is 1.47 bits per heavy atom. The molecule has 0 bridgehead atoms. The van der Waals surface area contributed by atoms with Gasteiger partial charge in [-0.25, -0.2) is 4.57 Å². The molecule has 0 aliphatic heterocycles. The Bertz CT molecular complexity index is 235. The van der Waals surface area contributed by atoms with Crippen LogP contribution in [0.3, 0.4) is 0 Å². The lowest BCUT2D eigenvalue weighted by atomic mass is 10.2. The Morgan fingerprint density at radius 3 is 2.60 bits per heavy atom. The van der Waals surface area contributed by atoms with Gasteiger partial charge in [0, 0.05) is 27.2 Å². The Kier molecular flexibility index (Phi) is 9.39. The van der Waals surface area contributed by atoms with Crippen molar-refractivity contribution < 1.29 is 18.7 Å². The van der Waals surface area contributed by atoms with Crippen LogP contribution >= 0.6 is 37.7 Å². The third-order valence-corrected chi connectivity index (χ3v) is 3.93. The smallest absolute Gasteiger partial charge is 0.389 e. The lowest BCUT2D eigenvalue weighted by molar-refractivity contribution is 0.166. The normalized spacial score (nSPS) is 17.9. The van der Waals surface area contributed by atoms with Gasteiger partial charge in [-0.05, 0) is 6.92 Å². The van der Waals surface area contributed by atoms with E-state index < -0.39 is 12.4 Å². The van der Waals surface area contributed by atoms with Crippen LogP contribution in [0.2, 0.25) is 0 Å². The van der Waals surface area contributed by atoms with Crippen LogP contribution in [0.5, 0.6) is 0 Å². The standard InChI is InChI=1S/C8H15Br2O4P/c1-2-3-8(11)4-6-13-15(10,12)14-7-5-9/h2-3,8,11H,4-7H2,1H3/b3-2+/t8-,15?/m1/s1. The zero-order chi connectivity index (χ0) is 11.7. The van der Waals surface area contributed by atoms with Crippen molar-refractivity contribution in [3.8, 4) is 0 Å². The van der Waals surface area contributed by atoms with Crippen molar-refractivity contribution >= 4 is 37.7 Å². The van der Waals surface area contributed by atoms with Crippen molar-refractivity contribution in [2.75, 3.05) is 18.5 Å². The van der Waals surface area contributed by atoms with Gasteiger partial charge in [-0.3, -0.25) is 4.52 Å². The van der Waals surface area contributed by atoms with Gasteiger partial charge in [0.2, 0.25) is 0 Å². The zero-order valence-electron chi connectivity index (χ0n) is 8.44. The molecule has 0 fully saturated rings. The van der Waals surface area contributed by atoms with Crippen LogP contribution in [0.25, 0.3) is 0 Å². The molecule has 0 aromatic heterocycles. The van der Waals surface area contributed by atoms with E-state index in [9.17, 15) is 9.67 Å². The van der Waals surface area contributed by atoms with Crippen LogP contribution in [0.1, 0.15) is 13.3 Å². The molecule has 0 aliphatic rings. The van der Waals surface area contributed by atoms with E-state index in [4.69, 9.17) is 9.05 Å². The number of rotatable bonds is 8. The van der Waals surface area contributed by atoms with E-state index in [1.807, 2.05) is 6.92 Å². The minimum absolute atomic E-state index is 0.177. The molecule has 0 radical (unpaired) electrons. The number of aliphatic hydroxyl groups is 1. The summed E-state index contributed by atoms with van der Waals surface area (Å²) in [7, 11) is 0. The van der Waals surface area contributed by atoms with Crippen LogP contribution in [-0.2, 0) is 13.6 Å². The van der Waals surface area contributed by atoms with Crippen LogP contribution < -0.4 is 0 Å². The van der Waals surface area contributed by atoms with Crippen LogP contribution in [0.15, 0.2) is 12.2 Å². The second kappa shape index (κ2) is 8.90. The maximum absolute atomic E-state index is 11.5. The SMILES string of the molecule is C/C=C/[C@@H](O)CCOP(=O)(Br)OCCBr. The van der Waals surface area contributed by atoms with E-state index in [1.165, 1.54) is 0 Å². The summed E-state index contributed by atoms with van der Waals surface area (Å²) in [5.74, 6) is 0. The van der Waals surface area contributed by atoms with Crippen molar-refractivity contribution in [1.29, 1.82) is 0 Å². The largest absolute Gasteiger partial charge is 0.396 e. The Balaban J connectivity index is 3.69. The molecule has 0 amide bonds. The van der Waals surface area contributed by atoms with Crippen molar-refractivity contribution in [3.05, 3.63) is 12.2 Å². The molecule has 0 rings (SSSR count). The Hall–Kier alpha value is 0.810. The quantitative estimate of drug-likeness (QED) is 0.407. The second-order valence-corrected chi connectivity index (χ2v) is 7.44. The highest BCUT2D eigenvalue weighted by molar-refractivity contribution is 9.39. The van der Waals surface area contributed by atoms with Gasteiger partial charge in [-0.1, -0.05) is 28.1 Å². The predicted molar refractivity (Wildman–Crippen MR) is 67.7 cm³/mol. The summed E-state index contributed by atoms with van der Waals surface area (Å²) in [4.78, 5) is 0. The number of allylic oxidation sites excluding steroid dienone is 1. The molecular formula is C8H15Br2O4P. The van der Waals surface area contributed by atoms with E-state index >= 15 is 0 Å². The lowest BCUT2D eigenvalue weighted by Gasteiger charge is -2.12. The highest BCUT2D eigenvalue weighted by atomic mass is 79.9. The molecule has 90 valence electrons. The van der Waals surface area contributed by atoms with Crippen molar-refractivity contribution in [3.63, 3.8) is 0 Å². The molecule has 0 heterocycles. The second-order valence-electron chi connectivity index (χ2n) is 2.67. The number of aliphatic hydroxyl groups excluding tert-OH is 1. The lowest BCUT2D eigenvalue weighted by Crippen LogP contribution is -2.06. The highest BCUT2D eigenvalue weighted by Gasteiger charge is 2.19. The first kappa shape index (κ1) is 15.8. The summed E-state index contributed by atoms with van der Waals surface area (Å²) in [5, 5.41) is 9.89. The molecule has 0 aliphatic carbocycles. The number of halogens is 2. The van der Waals surface area contributed by atoms with Gasteiger partial charge >= 0.3 is 6.30 Å². The fourth-order valence-electron chi connectivity index (χ4n) is 0.782. The molecule has 0 saturated carbocycles. The molecule has 0 aromatic rings. The number of alkyl halides is 1. The monoisotopic (exact) mass is 364 g/mol. The topological polar surface area (TPSA) is 55.8 Å². The highest BCUT2D eigenvalue weighted by Crippen LogP contribution is 2.56. The summed E-state index contributed by atoms with van der Waals surface area (Å²) in [6, 6.07) is 0. The van der Waals surface area contributed by atoms with Crippen molar-refractivity contribution in [2.45, 2.75) is 19.4 Å². The molecule has 2 atom stereocenters. The molecule has 4 nitrogen and oxygen atoms in total. The van der Waals surface area contributed by atoms with Crippen molar-refractivity contribution in [1.82, 2.24) is 0 Å². The van der Waals surface area contributed by atoms with Gasteiger partial charge in [-0.15, -0.1) is 0 Å². The van der Waals surface area contributed by atoms with Gasteiger partial charge in [0.05, 0.1) is 19.3 Å². The minimum atomic E-state index is -3.14. The van der Waals surface area contributed by atoms with Gasteiger partial charge in [0.15, 0.2) is 0 Å². The minimum Gasteiger partial charge on any atom is -0.389 e. The van der Waals surface area contributed by atoms with Crippen LogP contribution in [-0.4, -0.2) is 29.8 Å². The molecule has 0 aromatic carbocycles. The van der Waals surface area contributed by atoms with Crippen molar-refractivity contribution in [2.24, 2.45) is 0 Å². The van der Waals surface area contributed by atoms with E-state index in [2.05, 4.69) is 31.4 Å². The molecule has 1 N–H and O–H groups in total. The summed E-state index contributed by atoms with van der Waals surface area (Å²) >= 11 is 6.01. The predicted octanol–water partition coefficient (Wildman–Crippen LogP) is 3.24. The van der Waals surface area contributed by atoms with E-state index in [-0.39, 0.29) is 6.61 Å². The third kappa shape index (κ3) is 9.72. The van der Waals surface area contributed by atoms with Gasteiger partial charge < -0.3 is 9.63 Å².